The molecule has 6 heteroatoms. The van der Waals surface area contributed by atoms with Crippen LogP contribution in [-0.4, -0.2) is 19.9 Å². The fourth-order valence-corrected chi connectivity index (χ4v) is 1.91. The van der Waals surface area contributed by atoms with Crippen LogP contribution in [0.4, 0.5) is 0 Å². The number of H-pyrrole nitrogens is 3. The molecule has 0 atom stereocenters. The molecule has 0 fully saturated rings. The van der Waals surface area contributed by atoms with E-state index in [-0.39, 0.29) is 5.69 Å². The van der Waals surface area contributed by atoms with Crippen molar-refractivity contribution in [1.29, 1.82) is 0 Å². The third kappa shape index (κ3) is 1.74. The molecule has 0 bridgehead atoms. The van der Waals surface area contributed by atoms with Crippen molar-refractivity contribution >= 4 is 22.6 Å². The first-order valence-electron chi connectivity index (χ1n) is 5.08. The number of nitrogens with one attached hydrogen (secondary N) is 3. The summed E-state index contributed by atoms with van der Waals surface area (Å²) >= 11 is 5.68. The number of aromatic amines is 3. The zero-order valence-corrected chi connectivity index (χ0v) is 9.51. The molecule has 0 unspecified atom stereocenters. The smallest absolute Gasteiger partial charge is 0.323 e. The monoisotopic (exact) mass is 248 g/mol. The molecule has 0 saturated heterocycles. The average Bonchev–Trinajstić information content (AvgIpc) is 2.92. The van der Waals surface area contributed by atoms with Crippen molar-refractivity contribution in [2.45, 2.75) is 5.88 Å². The van der Waals surface area contributed by atoms with Crippen LogP contribution in [0.3, 0.4) is 0 Å². The number of hydrogen-bond acceptors (Lipinski definition) is 2. The van der Waals surface area contributed by atoms with Gasteiger partial charge in [0.15, 0.2) is 0 Å². The number of halogens is 1. The van der Waals surface area contributed by atoms with Crippen molar-refractivity contribution in [1.82, 2.24) is 19.9 Å². The number of benzene rings is 1. The number of imidazole rings is 2. The maximum absolute atomic E-state index is 11.1. The summed E-state index contributed by atoms with van der Waals surface area (Å²) < 4.78 is 0. The lowest BCUT2D eigenvalue weighted by Crippen LogP contribution is -1.99. The van der Waals surface area contributed by atoms with E-state index in [1.165, 1.54) is 0 Å². The maximum atomic E-state index is 11.1. The average molecular weight is 249 g/mol. The lowest BCUT2D eigenvalue weighted by molar-refractivity contribution is 1.12. The molecular formula is C11H9ClN4O. The Kier molecular flexibility index (Phi) is 2.26. The first-order valence-corrected chi connectivity index (χ1v) is 5.62. The summed E-state index contributed by atoms with van der Waals surface area (Å²) in [6, 6.07) is 5.65. The van der Waals surface area contributed by atoms with Gasteiger partial charge in [0.25, 0.3) is 0 Å². The second-order valence-corrected chi connectivity index (χ2v) is 3.98. The molecule has 2 heterocycles. The molecule has 2 aromatic heterocycles. The Labute approximate surface area is 101 Å². The van der Waals surface area contributed by atoms with Gasteiger partial charge in [-0.25, -0.2) is 9.78 Å². The molecule has 0 spiro atoms. The van der Waals surface area contributed by atoms with E-state index in [1.54, 1.807) is 6.20 Å². The van der Waals surface area contributed by atoms with E-state index in [1.807, 2.05) is 18.2 Å². The normalized spacial score (nSPS) is 11.1. The van der Waals surface area contributed by atoms with E-state index >= 15 is 0 Å². The van der Waals surface area contributed by atoms with Gasteiger partial charge in [-0.2, -0.15) is 0 Å². The van der Waals surface area contributed by atoms with Gasteiger partial charge in [-0.15, -0.1) is 11.6 Å². The lowest BCUT2D eigenvalue weighted by Gasteiger charge is -1.97. The first kappa shape index (κ1) is 10.2. The van der Waals surface area contributed by atoms with Crippen molar-refractivity contribution in [2.24, 2.45) is 0 Å². The predicted molar refractivity (Wildman–Crippen MR) is 66.1 cm³/mol. The highest BCUT2D eigenvalue weighted by molar-refractivity contribution is 6.16. The molecule has 0 aliphatic heterocycles. The SMILES string of the molecule is O=c1[nH]c2ccc(-c3cnc(CCl)[nH]3)cc2[nH]1. The molecule has 5 nitrogen and oxygen atoms in total. The summed E-state index contributed by atoms with van der Waals surface area (Å²) in [5, 5.41) is 0. The van der Waals surface area contributed by atoms with Gasteiger partial charge < -0.3 is 15.0 Å². The Hall–Kier alpha value is -2.01. The predicted octanol–water partition coefficient (Wildman–Crippen LogP) is 1.99. The number of alkyl halides is 1. The minimum Gasteiger partial charge on any atom is -0.341 e. The van der Waals surface area contributed by atoms with E-state index in [0.717, 1.165) is 28.1 Å². The summed E-state index contributed by atoms with van der Waals surface area (Å²) in [4.78, 5) is 23.8. The van der Waals surface area contributed by atoms with Crippen molar-refractivity contribution in [3.8, 4) is 11.3 Å². The number of aromatic nitrogens is 4. The van der Waals surface area contributed by atoms with Gasteiger partial charge in [-0.3, -0.25) is 0 Å². The van der Waals surface area contributed by atoms with Crippen molar-refractivity contribution in [3.05, 3.63) is 40.7 Å². The van der Waals surface area contributed by atoms with Gasteiger partial charge in [0.2, 0.25) is 0 Å². The summed E-state index contributed by atoms with van der Waals surface area (Å²) in [5.74, 6) is 1.08. The van der Waals surface area contributed by atoms with Crippen LogP contribution in [0.2, 0.25) is 0 Å². The van der Waals surface area contributed by atoms with E-state index in [9.17, 15) is 4.79 Å². The highest BCUT2D eigenvalue weighted by Gasteiger charge is 2.05. The summed E-state index contributed by atoms with van der Waals surface area (Å²) in [5.41, 5.74) is 3.19. The summed E-state index contributed by atoms with van der Waals surface area (Å²) in [7, 11) is 0. The molecule has 0 saturated carbocycles. The number of rotatable bonds is 2. The Morgan fingerprint density at radius 1 is 1.18 bits per heavy atom. The third-order valence-electron chi connectivity index (χ3n) is 2.58. The zero-order chi connectivity index (χ0) is 11.8. The molecule has 0 amide bonds. The molecule has 3 rings (SSSR count). The van der Waals surface area contributed by atoms with E-state index in [0.29, 0.717) is 5.88 Å². The number of nitrogens with zero attached hydrogens (tertiary/aromatic N) is 1. The lowest BCUT2D eigenvalue weighted by atomic mass is 10.1. The standard InChI is InChI=1S/C11H9ClN4O/c12-4-10-13-5-9(14-10)6-1-2-7-8(3-6)16-11(17)15-7/h1-3,5H,4H2,(H,13,14)(H2,15,16,17). The molecule has 3 N–H and O–H groups in total. The van der Waals surface area contributed by atoms with Crippen molar-refractivity contribution < 1.29 is 0 Å². The Morgan fingerprint density at radius 3 is 2.76 bits per heavy atom. The van der Waals surface area contributed by atoms with Crippen molar-refractivity contribution in [3.63, 3.8) is 0 Å². The highest BCUT2D eigenvalue weighted by Crippen LogP contribution is 2.20. The molecule has 0 aliphatic carbocycles. The number of hydrogen-bond donors (Lipinski definition) is 3. The van der Waals surface area contributed by atoms with Crippen LogP contribution in [0.25, 0.3) is 22.3 Å². The molecular weight excluding hydrogens is 240 g/mol. The van der Waals surface area contributed by atoms with Crippen LogP contribution in [0.15, 0.2) is 29.2 Å². The molecule has 0 radical (unpaired) electrons. The first-order chi connectivity index (χ1) is 8.26. The Bertz CT molecular complexity index is 724. The number of fused-ring (bicyclic) bond motifs is 1. The maximum Gasteiger partial charge on any atom is 0.323 e. The molecule has 17 heavy (non-hydrogen) atoms. The van der Waals surface area contributed by atoms with Gasteiger partial charge in [0.1, 0.15) is 5.82 Å². The minimum atomic E-state index is -0.205. The Balaban J connectivity index is 2.13. The van der Waals surface area contributed by atoms with Crippen molar-refractivity contribution in [2.75, 3.05) is 0 Å². The second kappa shape index (κ2) is 3.78. The molecule has 86 valence electrons. The molecule has 1 aromatic carbocycles. The van der Waals surface area contributed by atoms with Gasteiger partial charge in [-0.05, 0) is 12.1 Å². The van der Waals surface area contributed by atoms with Gasteiger partial charge in [0, 0.05) is 5.56 Å². The van der Waals surface area contributed by atoms with E-state index < -0.39 is 0 Å². The fraction of sp³-hybridized carbons (Fsp3) is 0.0909. The van der Waals surface area contributed by atoms with Crippen LogP contribution in [0.1, 0.15) is 5.82 Å². The van der Waals surface area contributed by atoms with Crippen LogP contribution in [0, 0.1) is 0 Å². The van der Waals surface area contributed by atoms with E-state index in [4.69, 9.17) is 11.6 Å². The van der Waals surface area contributed by atoms with Crippen LogP contribution in [0.5, 0.6) is 0 Å². The van der Waals surface area contributed by atoms with Gasteiger partial charge >= 0.3 is 5.69 Å². The molecule has 3 aromatic rings. The fourth-order valence-electron chi connectivity index (χ4n) is 1.78. The van der Waals surface area contributed by atoms with E-state index in [2.05, 4.69) is 19.9 Å². The van der Waals surface area contributed by atoms with Crippen LogP contribution < -0.4 is 5.69 Å². The minimum absolute atomic E-state index is 0.205. The topological polar surface area (TPSA) is 77.3 Å². The van der Waals surface area contributed by atoms with Gasteiger partial charge in [0.05, 0.1) is 28.8 Å². The summed E-state index contributed by atoms with van der Waals surface area (Å²) in [6.07, 6.45) is 1.73. The zero-order valence-electron chi connectivity index (χ0n) is 8.75. The van der Waals surface area contributed by atoms with Crippen LogP contribution in [-0.2, 0) is 5.88 Å². The van der Waals surface area contributed by atoms with Gasteiger partial charge in [-0.1, -0.05) is 6.07 Å². The summed E-state index contributed by atoms with van der Waals surface area (Å²) in [6.45, 7) is 0. The van der Waals surface area contributed by atoms with Crippen LogP contribution >= 0.6 is 11.6 Å². The Morgan fingerprint density at radius 2 is 2.00 bits per heavy atom. The highest BCUT2D eigenvalue weighted by atomic mass is 35.5. The largest absolute Gasteiger partial charge is 0.341 e. The third-order valence-corrected chi connectivity index (χ3v) is 2.84. The quantitative estimate of drug-likeness (QED) is 0.607. The molecule has 0 aliphatic rings. The second-order valence-electron chi connectivity index (χ2n) is 3.72.